The number of methoxy groups -OCH3 is 1. The zero-order valence-electron chi connectivity index (χ0n) is 13.8. The van der Waals surface area contributed by atoms with Crippen LogP contribution in [0.15, 0.2) is 0 Å². The third-order valence-electron chi connectivity index (χ3n) is 5.22. The molecule has 3 heteroatoms. The van der Waals surface area contributed by atoms with E-state index >= 15 is 0 Å². The van der Waals surface area contributed by atoms with Crippen molar-refractivity contribution in [2.75, 3.05) is 26.8 Å². The van der Waals surface area contributed by atoms with Crippen molar-refractivity contribution in [3.05, 3.63) is 0 Å². The average molecular weight is 270 g/mol. The van der Waals surface area contributed by atoms with Crippen molar-refractivity contribution >= 4 is 0 Å². The van der Waals surface area contributed by atoms with Crippen LogP contribution in [0.1, 0.15) is 53.9 Å². The summed E-state index contributed by atoms with van der Waals surface area (Å²) in [5.74, 6) is 0.639. The monoisotopic (exact) mass is 270 g/mol. The fourth-order valence-corrected chi connectivity index (χ4v) is 4.17. The van der Waals surface area contributed by atoms with Gasteiger partial charge in [-0.05, 0) is 44.1 Å². The first-order valence-corrected chi connectivity index (χ1v) is 7.78. The lowest BCUT2D eigenvalue weighted by atomic mass is 9.63. The van der Waals surface area contributed by atoms with Gasteiger partial charge in [0.15, 0.2) is 0 Å². The summed E-state index contributed by atoms with van der Waals surface area (Å²) in [7, 11) is 1.78. The molecule has 0 aromatic heterocycles. The number of hydrogen-bond acceptors (Lipinski definition) is 3. The smallest absolute Gasteiger partial charge is 0.0615 e. The highest BCUT2D eigenvalue weighted by atomic mass is 16.5. The van der Waals surface area contributed by atoms with Gasteiger partial charge in [-0.15, -0.1) is 0 Å². The normalized spacial score (nSPS) is 32.5. The second-order valence-electron chi connectivity index (χ2n) is 7.17. The molecule has 1 aliphatic carbocycles. The van der Waals surface area contributed by atoms with Crippen molar-refractivity contribution in [2.24, 2.45) is 17.1 Å². The van der Waals surface area contributed by atoms with Crippen LogP contribution in [0, 0.1) is 11.3 Å². The van der Waals surface area contributed by atoms with Crippen LogP contribution in [0.3, 0.4) is 0 Å². The molecule has 1 fully saturated rings. The van der Waals surface area contributed by atoms with Crippen LogP contribution in [0.4, 0.5) is 0 Å². The zero-order chi connectivity index (χ0) is 14.7. The Labute approximate surface area is 119 Å². The molecule has 1 rings (SSSR count). The minimum absolute atomic E-state index is 0.155. The van der Waals surface area contributed by atoms with Gasteiger partial charge < -0.3 is 10.5 Å². The van der Waals surface area contributed by atoms with E-state index in [1.807, 2.05) is 0 Å². The first-order chi connectivity index (χ1) is 8.83. The highest BCUT2D eigenvalue weighted by Crippen LogP contribution is 2.46. The molecule has 1 saturated carbocycles. The summed E-state index contributed by atoms with van der Waals surface area (Å²) in [5.41, 5.74) is 6.86. The van der Waals surface area contributed by atoms with Gasteiger partial charge in [0.25, 0.3) is 0 Å². The van der Waals surface area contributed by atoms with Crippen molar-refractivity contribution in [2.45, 2.75) is 65.5 Å². The molecular weight excluding hydrogens is 236 g/mol. The van der Waals surface area contributed by atoms with Gasteiger partial charge in [0.2, 0.25) is 0 Å². The number of ether oxygens (including phenoxy) is 1. The van der Waals surface area contributed by atoms with Crippen molar-refractivity contribution in [3.63, 3.8) is 0 Å². The highest BCUT2D eigenvalue weighted by Gasteiger charge is 2.47. The van der Waals surface area contributed by atoms with Crippen LogP contribution in [-0.4, -0.2) is 43.3 Å². The molecule has 0 bridgehead atoms. The zero-order valence-corrected chi connectivity index (χ0v) is 13.8. The summed E-state index contributed by atoms with van der Waals surface area (Å²) in [6, 6.07) is 0.433. The van der Waals surface area contributed by atoms with Gasteiger partial charge in [-0.1, -0.05) is 27.7 Å². The van der Waals surface area contributed by atoms with E-state index in [0.717, 1.165) is 19.7 Å². The van der Waals surface area contributed by atoms with Crippen LogP contribution in [0.2, 0.25) is 0 Å². The van der Waals surface area contributed by atoms with Gasteiger partial charge in [-0.2, -0.15) is 0 Å². The number of nitrogens with zero attached hydrogens (tertiary/aromatic N) is 1. The molecule has 3 nitrogen and oxygen atoms in total. The maximum atomic E-state index is 6.25. The van der Waals surface area contributed by atoms with Gasteiger partial charge in [-0.25, -0.2) is 0 Å². The quantitative estimate of drug-likeness (QED) is 0.806. The lowest BCUT2D eigenvalue weighted by Gasteiger charge is -2.55. The maximum absolute atomic E-state index is 6.25. The Morgan fingerprint density at radius 2 is 2.00 bits per heavy atom. The Morgan fingerprint density at radius 1 is 1.37 bits per heavy atom. The molecule has 0 aromatic rings. The van der Waals surface area contributed by atoms with E-state index < -0.39 is 0 Å². The van der Waals surface area contributed by atoms with Gasteiger partial charge in [-0.3, -0.25) is 4.90 Å². The minimum atomic E-state index is 0.155. The number of nitrogens with two attached hydrogens (primary N) is 1. The first kappa shape index (κ1) is 16.9. The lowest BCUT2D eigenvalue weighted by molar-refractivity contribution is -0.0546. The fourth-order valence-electron chi connectivity index (χ4n) is 4.17. The Morgan fingerprint density at radius 3 is 2.42 bits per heavy atom. The van der Waals surface area contributed by atoms with E-state index in [0.29, 0.717) is 17.4 Å². The molecule has 0 amide bonds. The molecule has 3 unspecified atom stereocenters. The molecule has 0 aromatic carbocycles. The Hall–Kier alpha value is -0.120. The molecule has 0 aliphatic heterocycles. The highest BCUT2D eigenvalue weighted by molar-refractivity contribution is 5.03. The molecule has 1 aliphatic rings. The van der Waals surface area contributed by atoms with Crippen LogP contribution in [0.5, 0.6) is 0 Å². The van der Waals surface area contributed by atoms with E-state index in [9.17, 15) is 0 Å². The van der Waals surface area contributed by atoms with Gasteiger partial charge in [0, 0.05) is 25.2 Å². The second-order valence-corrected chi connectivity index (χ2v) is 7.17. The summed E-state index contributed by atoms with van der Waals surface area (Å²) in [5, 5.41) is 0. The molecule has 0 saturated heterocycles. The number of hydrogen-bond donors (Lipinski definition) is 1. The van der Waals surface area contributed by atoms with E-state index in [2.05, 4.69) is 39.5 Å². The Bertz CT molecular complexity index is 280. The first-order valence-electron chi connectivity index (χ1n) is 7.78. The van der Waals surface area contributed by atoms with E-state index in [-0.39, 0.29) is 5.54 Å². The molecule has 2 N–H and O–H groups in total. The summed E-state index contributed by atoms with van der Waals surface area (Å²) < 4.78 is 5.36. The number of rotatable bonds is 6. The average Bonchev–Trinajstić information content (AvgIpc) is 2.33. The van der Waals surface area contributed by atoms with Crippen LogP contribution in [0.25, 0.3) is 0 Å². The molecule has 19 heavy (non-hydrogen) atoms. The predicted molar refractivity (Wildman–Crippen MR) is 82.3 cm³/mol. The van der Waals surface area contributed by atoms with Crippen molar-refractivity contribution in [3.8, 4) is 0 Å². The Kier molecular flexibility index (Phi) is 5.84. The third-order valence-corrected chi connectivity index (χ3v) is 5.22. The molecule has 114 valence electrons. The van der Waals surface area contributed by atoms with Crippen LogP contribution < -0.4 is 5.73 Å². The fraction of sp³-hybridized carbons (Fsp3) is 1.00. The standard InChI is InChI=1S/C16H34N2O/c1-7-18(14(3)11-19-6)16(12-17)9-8-15(4,5)10-13(16)2/h13-14H,7-12,17H2,1-6H3. The summed E-state index contributed by atoms with van der Waals surface area (Å²) in [6.45, 7) is 14.3. The molecule has 3 atom stereocenters. The van der Waals surface area contributed by atoms with Gasteiger partial charge >= 0.3 is 0 Å². The van der Waals surface area contributed by atoms with E-state index in [1.165, 1.54) is 19.3 Å². The SMILES string of the molecule is CCN(C(C)COC)C1(CN)CCC(C)(C)CC1C. The topological polar surface area (TPSA) is 38.5 Å². The molecule has 0 radical (unpaired) electrons. The predicted octanol–water partition coefficient (Wildman–Crippen LogP) is 2.89. The van der Waals surface area contributed by atoms with E-state index in [1.54, 1.807) is 7.11 Å². The lowest BCUT2D eigenvalue weighted by Crippen LogP contribution is -2.63. The maximum Gasteiger partial charge on any atom is 0.0615 e. The largest absolute Gasteiger partial charge is 0.383 e. The van der Waals surface area contributed by atoms with Crippen LogP contribution in [-0.2, 0) is 4.74 Å². The summed E-state index contributed by atoms with van der Waals surface area (Å²) in [6.07, 6.45) is 3.74. The Balaban J connectivity index is 2.95. The summed E-state index contributed by atoms with van der Waals surface area (Å²) >= 11 is 0. The molecule has 0 heterocycles. The number of likely N-dealkylation sites (N-methyl/N-ethyl adjacent to an activating group) is 1. The molecular formula is C16H34N2O. The van der Waals surface area contributed by atoms with Crippen molar-refractivity contribution < 1.29 is 4.74 Å². The van der Waals surface area contributed by atoms with Crippen molar-refractivity contribution in [1.29, 1.82) is 0 Å². The summed E-state index contributed by atoms with van der Waals surface area (Å²) in [4.78, 5) is 2.59. The van der Waals surface area contributed by atoms with E-state index in [4.69, 9.17) is 10.5 Å². The third kappa shape index (κ3) is 3.50. The van der Waals surface area contributed by atoms with Gasteiger partial charge in [0.05, 0.1) is 6.61 Å². The van der Waals surface area contributed by atoms with Crippen LogP contribution >= 0.6 is 0 Å². The second kappa shape index (κ2) is 6.55. The molecule has 0 spiro atoms. The van der Waals surface area contributed by atoms with Gasteiger partial charge in [0.1, 0.15) is 0 Å². The minimum Gasteiger partial charge on any atom is -0.383 e. The van der Waals surface area contributed by atoms with Crippen molar-refractivity contribution in [1.82, 2.24) is 4.90 Å².